The maximum absolute atomic E-state index is 4.56. The van der Waals surface area contributed by atoms with Crippen molar-refractivity contribution in [1.82, 2.24) is 24.7 Å². The number of nitrogens with zero attached hydrogens (tertiary/aromatic N) is 5. The maximum Gasteiger partial charge on any atom is 0.160 e. The highest BCUT2D eigenvalue weighted by Gasteiger charge is 2.11. The Kier molecular flexibility index (Phi) is 1.71. The quantitative estimate of drug-likeness (QED) is 0.568. The van der Waals surface area contributed by atoms with Gasteiger partial charge in [-0.2, -0.15) is 10.2 Å². The third-order valence-corrected chi connectivity index (χ3v) is 2.94. The van der Waals surface area contributed by atoms with Crippen LogP contribution in [0.5, 0.6) is 0 Å². The molecule has 0 spiro atoms. The predicted molar refractivity (Wildman–Crippen MR) is 61.1 cm³/mol. The highest BCUT2D eigenvalue weighted by molar-refractivity contribution is 6.02. The van der Waals surface area contributed by atoms with Crippen LogP contribution >= 0.6 is 0 Å². The molecule has 3 aromatic rings. The lowest BCUT2D eigenvalue weighted by Crippen LogP contribution is -1.95. The van der Waals surface area contributed by atoms with Crippen molar-refractivity contribution in [2.75, 3.05) is 0 Å². The molecule has 0 aliphatic rings. The largest absolute Gasteiger partial charge is 0.316 e. The molecule has 5 nitrogen and oxygen atoms in total. The summed E-state index contributed by atoms with van der Waals surface area (Å²) >= 11 is 0. The van der Waals surface area contributed by atoms with E-state index in [-0.39, 0.29) is 0 Å². The van der Waals surface area contributed by atoms with Crippen molar-refractivity contribution in [2.45, 2.75) is 13.8 Å². The summed E-state index contributed by atoms with van der Waals surface area (Å²) in [6, 6.07) is 0. The zero-order valence-electron chi connectivity index (χ0n) is 9.39. The molecule has 0 fully saturated rings. The number of imidazole rings is 1. The molecule has 0 aliphatic carbocycles. The van der Waals surface area contributed by atoms with Crippen LogP contribution in [0.15, 0.2) is 12.4 Å². The number of aryl methyl sites for hydroxylation is 3. The molecule has 0 N–H and O–H groups in total. The van der Waals surface area contributed by atoms with E-state index in [4.69, 9.17) is 0 Å². The van der Waals surface area contributed by atoms with Gasteiger partial charge in [0.25, 0.3) is 0 Å². The van der Waals surface area contributed by atoms with Gasteiger partial charge in [-0.15, -0.1) is 0 Å². The summed E-state index contributed by atoms with van der Waals surface area (Å²) in [4.78, 5) is 9.07. The van der Waals surface area contributed by atoms with Gasteiger partial charge in [0.05, 0.1) is 12.4 Å². The molecule has 5 heteroatoms. The highest BCUT2D eigenvalue weighted by Crippen LogP contribution is 2.24. The predicted octanol–water partition coefficient (Wildman–Crippen LogP) is 1.53. The van der Waals surface area contributed by atoms with Crippen LogP contribution in [0.3, 0.4) is 0 Å². The van der Waals surface area contributed by atoms with E-state index in [1.807, 2.05) is 25.5 Å². The van der Waals surface area contributed by atoms with Gasteiger partial charge in [-0.25, -0.2) is 9.97 Å². The number of fused-ring (bicyclic) bond motifs is 3. The molecular weight excluding hydrogens is 202 g/mol. The fourth-order valence-corrected chi connectivity index (χ4v) is 1.92. The highest BCUT2D eigenvalue weighted by atomic mass is 15.1. The van der Waals surface area contributed by atoms with E-state index in [0.717, 1.165) is 33.5 Å². The molecule has 0 unspecified atom stereocenters. The van der Waals surface area contributed by atoms with Crippen LogP contribution in [0.25, 0.3) is 21.9 Å². The first-order chi connectivity index (χ1) is 7.68. The van der Waals surface area contributed by atoms with E-state index in [9.17, 15) is 0 Å². The van der Waals surface area contributed by atoms with E-state index in [1.54, 1.807) is 12.4 Å². The van der Waals surface area contributed by atoms with Crippen molar-refractivity contribution in [2.24, 2.45) is 7.05 Å². The lowest BCUT2D eigenvalue weighted by molar-refractivity contribution is 0.872. The lowest BCUT2D eigenvalue weighted by Gasteiger charge is -2.01. The molecular formula is C11H11N5. The summed E-state index contributed by atoms with van der Waals surface area (Å²) in [6.45, 7) is 3.95. The monoisotopic (exact) mass is 213 g/mol. The van der Waals surface area contributed by atoms with Gasteiger partial charge >= 0.3 is 0 Å². The summed E-state index contributed by atoms with van der Waals surface area (Å²) in [5.41, 5.74) is 2.76. The maximum atomic E-state index is 4.56. The first-order valence-electron chi connectivity index (χ1n) is 5.08. The fourth-order valence-electron chi connectivity index (χ4n) is 1.92. The number of hydrogen-bond acceptors (Lipinski definition) is 4. The minimum atomic E-state index is 0.899. The van der Waals surface area contributed by atoms with Crippen LogP contribution < -0.4 is 0 Å². The summed E-state index contributed by atoms with van der Waals surface area (Å²) in [5.74, 6) is 0.950. The first kappa shape index (κ1) is 9.21. The summed E-state index contributed by atoms with van der Waals surface area (Å²) in [7, 11) is 1.97. The molecule has 0 saturated heterocycles. The van der Waals surface area contributed by atoms with E-state index >= 15 is 0 Å². The van der Waals surface area contributed by atoms with Crippen molar-refractivity contribution in [3.63, 3.8) is 0 Å². The summed E-state index contributed by atoms with van der Waals surface area (Å²) in [5, 5.41) is 9.83. The normalized spacial score (nSPS) is 11.4. The van der Waals surface area contributed by atoms with E-state index in [0.29, 0.717) is 0 Å². The van der Waals surface area contributed by atoms with Crippen LogP contribution in [0.1, 0.15) is 11.5 Å². The Labute approximate surface area is 92.2 Å². The van der Waals surface area contributed by atoms with Gasteiger partial charge < -0.3 is 4.57 Å². The van der Waals surface area contributed by atoms with Crippen molar-refractivity contribution in [1.29, 1.82) is 0 Å². The third kappa shape index (κ3) is 1.05. The molecule has 0 saturated carbocycles. The van der Waals surface area contributed by atoms with Crippen LogP contribution in [-0.2, 0) is 7.05 Å². The topological polar surface area (TPSA) is 56.5 Å². The summed E-state index contributed by atoms with van der Waals surface area (Å²) in [6.07, 6.45) is 3.49. The second-order valence-electron chi connectivity index (χ2n) is 3.90. The van der Waals surface area contributed by atoms with Crippen LogP contribution in [0.2, 0.25) is 0 Å². The molecule has 0 aromatic carbocycles. The second kappa shape index (κ2) is 2.98. The zero-order chi connectivity index (χ0) is 11.3. The smallest absolute Gasteiger partial charge is 0.160 e. The van der Waals surface area contributed by atoms with Crippen molar-refractivity contribution >= 4 is 21.9 Å². The SMILES string of the molecule is Cc1nc2c(nc(C)n2C)c2cnncc12. The van der Waals surface area contributed by atoms with Crippen LogP contribution in [-0.4, -0.2) is 24.7 Å². The van der Waals surface area contributed by atoms with Gasteiger partial charge in [0.2, 0.25) is 0 Å². The second-order valence-corrected chi connectivity index (χ2v) is 3.90. The number of pyridine rings is 1. The Morgan fingerprint density at radius 2 is 1.69 bits per heavy atom. The van der Waals surface area contributed by atoms with Gasteiger partial charge in [0, 0.05) is 23.5 Å². The van der Waals surface area contributed by atoms with E-state index in [1.165, 1.54) is 0 Å². The van der Waals surface area contributed by atoms with Crippen molar-refractivity contribution in [3.05, 3.63) is 23.9 Å². The minimum absolute atomic E-state index is 0.899. The first-order valence-corrected chi connectivity index (χ1v) is 5.08. The standard InChI is InChI=1S/C11H11N5/c1-6-8-4-12-13-5-9(8)10-11(14-6)16(3)7(2)15-10/h4-5H,1-3H3. The van der Waals surface area contributed by atoms with E-state index in [2.05, 4.69) is 20.2 Å². The van der Waals surface area contributed by atoms with Crippen molar-refractivity contribution < 1.29 is 0 Å². The molecule has 0 bridgehead atoms. The Bertz CT molecular complexity index is 698. The average molecular weight is 213 g/mol. The Hall–Kier alpha value is -2.04. The Balaban J connectivity index is 2.64. The van der Waals surface area contributed by atoms with Gasteiger partial charge in [0.15, 0.2) is 5.65 Å². The van der Waals surface area contributed by atoms with Gasteiger partial charge in [-0.1, -0.05) is 0 Å². The van der Waals surface area contributed by atoms with Gasteiger partial charge in [0.1, 0.15) is 11.3 Å². The minimum Gasteiger partial charge on any atom is -0.316 e. The van der Waals surface area contributed by atoms with Crippen LogP contribution in [0, 0.1) is 13.8 Å². The molecule has 0 atom stereocenters. The lowest BCUT2D eigenvalue weighted by atomic mass is 10.2. The molecule has 0 amide bonds. The number of hydrogen-bond donors (Lipinski definition) is 0. The average Bonchev–Trinajstić information content (AvgIpc) is 2.57. The molecule has 16 heavy (non-hydrogen) atoms. The third-order valence-electron chi connectivity index (χ3n) is 2.94. The Morgan fingerprint density at radius 3 is 2.44 bits per heavy atom. The fraction of sp³-hybridized carbons (Fsp3) is 0.273. The number of aromatic nitrogens is 5. The molecule has 0 radical (unpaired) electrons. The molecule has 80 valence electrons. The Morgan fingerprint density at radius 1 is 1.00 bits per heavy atom. The van der Waals surface area contributed by atoms with E-state index < -0.39 is 0 Å². The number of rotatable bonds is 0. The zero-order valence-corrected chi connectivity index (χ0v) is 9.39. The molecule has 3 rings (SSSR count). The van der Waals surface area contributed by atoms with Crippen molar-refractivity contribution in [3.8, 4) is 0 Å². The summed E-state index contributed by atoms with van der Waals surface area (Å²) < 4.78 is 1.99. The molecule has 3 aromatic heterocycles. The van der Waals surface area contributed by atoms with Gasteiger partial charge in [-0.05, 0) is 13.8 Å². The molecule has 0 aliphatic heterocycles. The van der Waals surface area contributed by atoms with Crippen LogP contribution in [0.4, 0.5) is 0 Å². The molecule has 3 heterocycles. The van der Waals surface area contributed by atoms with Gasteiger partial charge in [-0.3, -0.25) is 0 Å².